The highest BCUT2D eigenvalue weighted by Gasteiger charge is 2.04. The van der Waals surface area contributed by atoms with Gasteiger partial charge in [0.2, 0.25) is 5.52 Å². The van der Waals surface area contributed by atoms with E-state index < -0.39 is 10.1 Å². The summed E-state index contributed by atoms with van der Waals surface area (Å²) in [4.78, 5) is -0.178. The van der Waals surface area contributed by atoms with Crippen LogP contribution in [0.3, 0.4) is 0 Å². The Labute approximate surface area is 144 Å². The van der Waals surface area contributed by atoms with Crippen LogP contribution in [0.1, 0.15) is 5.56 Å². The summed E-state index contributed by atoms with van der Waals surface area (Å²) in [7, 11) is -2.22. The number of nitrogens with zero attached hydrogens (tertiary/aromatic N) is 1. The number of hydrogen-bond donors (Lipinski definition) is 0. The third-order valence-corrected chi connectivity index (χ3v) is 4.52. The normalized spacial score (nSPS) is 11.0. The molecule has 0 aliphatic heterocycles. The van der Waals surface area contributed by atoms with Crippen molar-refractivity contribution in [2.45, 2.75) is 11.8 Å². The van der Waals surface area contributed by atoms with E-state index in [-0.39, 0.29) is 4.90 Å². The summed E-state index contributed by atoms with van der Waals surface area (Å²) < 4.78 is 34.4. The maximum Gasteiger partial charge on any atom is 0.212 e. The zero-order valence-electron chi connectivity index (χ0n) is 12.7. The molecule has 0 atom stereocenters. The molecule has 0 amide bonds. The number of aromatic nitrogens is 1. The van der Waals surface area contributed by atoms with Gasteiger partial charge in [-0.15, -0.1) is 0 Å². The lowest BCUT2D eigenvalue weighted by molar-refractivity contribution is -0.645. The van der Waals surface area contributed by atoms with Crippen molar-refractivity contribution in [3.63, 3.8) is 0 Å². The van der Waals surface area contributed by atoms with E-state index in [1.54, 1.807) is 12.1 Å². The highest BCUT2D eigenvalue weighted by Crippen LogP contribution is 2.14. The molecule has 0 N–H and O–H groups in total. The molecule has 0 unspecified atom stereocenters. The summed E-state index contributed by atoms with van der Waals surface area (Å²) in [5, 5.41) is 1.26. The number of fused-ring (bicyclic) bond motifs is 1. The monoisotopic (exact) mass is 393 g/mol. The molecule has 0 aliphatic rings. The van der Waals surface area contributed by atoms with Crippen LogP contribution in [0.4, 0.5) is 0 Å². The van der Waals surface area contributed by atoms with Gasteiger partial charge in [-0.2, -0.15) is 4.57 Å². The standard InChI is InChI=1S/C10H9BrN.C7H8O3S/c1-12-7-9(11)6-8-4-2-3-5-10(8)12;1-6-2-4-7(5-3-6)11(8,9)10/h2-7H,1H3;2-5H,1H3,(H,8,9,10)/q+1;/p-1. The fourth-order valence-corrected chi connectivity index (χ4v) is 3.10. The number of hydrogen-bond acceptors (Lipinski definition) is 3. The van der Waals surface area contributed by atoms with E-state index in [1.165, 1.54) is 23.0 Å². The molecule has 4 nitrogen and oxygen atoms in total. The van der Waals surface area contributed by atoms with Crippen molar-refractivity contribution in [2.75, 3.05) is 0 Å². The first-order chi connectivity index (χ1) is 10.8. The first-order valence-corrected chi connectivity index (χ1v) is 9.04. The predicted octanol–water partition coefficient (Wildman–Crippen LogP) is 3.33. The predicted molar refractivity (Wildman–Crippen MR) is 92.0 cm³/mol. The minimum absolute atomic E-state index is 0.178. The Morgan fingerprint density at radius 3 is 2.26 bits per heavy atom. The van der Waals surface area contributed by atoms with Gasteiger partial charge in [0.15, 0.2) is 6.20 Å². The Hall–Kier alpha value is -1.76. The molecule has 0 saturated heterocycles. The molecule has 2 aromatic carbocycles. The molecule has 0 aliphatic carbocycles. The van der Waals surface area contributed by atoms with Gasteiger partial charge in [0.05, 0.1) is 9.37 Å². The van der Waals surface area contributed by atoms with Gasteiger partial charge >= 0.3 is 0 Å². The van der Waals surface area contributed by atoms with E-state index in [1.807, 2.05) is 14.0 Å². The molecular formula is C17H16BrNO3S. The second kappa shape index (κ2) is 7.21. The van der Waals surface area contributed by atoms with E-state index in [0.29, 0.717) is 0 Å². The number of para-hydroxylation sites is 1. The quantitative estimate of drug-likeness (QED) is 0.470. The molecule has 6 heteroatoms. The van der Waals surface area contributed by atoms with Crippen molar-refractivity contribution in [1.29, 1.82) is 0 Å². The van der Waals surface area contributed by atoms with Gasteiger partial charge in [-0.05, 0) is 47.1 Å². The van der Waals surface area contributed by atoms with Gasteiger partial charge in [0, 0.05) is 11.5 Å². The van der Waals surface area contributed by atoms with Crippen LogP contribution in [0.25, 0.3) is 10.9 Å². The van der Waals surface area contributed by atoms with E-state index >= 15 is 0 Å². The maximum atomic E-state index is 10.4. The minimum atomic E-state index is -4.27. The Balaban J connectivity index is 0.000000168. The summed E-state index contributed by atoms with van der Waals surface area (Å²) >= 11 is 3.46. The van der Waals surface area contributed by atoms with Crippen molar-refractivity contribution in [2.24, 2.45) is 7.05 Å². The van der Waals surface area contributed by atoms with Gasteiger partial charge in [-0.1, -0.05) is 29.8 Å². The number of aryl methyl sites for hydroxylation is 2. The van der Waals surface area contributed by atoms with Gasteiger partial charge < -0.3 is 4.55 Å². The molecule has 0 radical (unpaired) electrons. The molecule has 0 fully saturated rings. The zero-order valence-corrected chi connectivity index (χ0v) is 15.1. The minimum Gasteiger partial charge on any atom is -0.744 e. The number of rotatable bonds is 1. The maximum absolute atomic E-state index is 10.4. The summed E-state index contributed by atoms with van der Waals surface area (Å²) in [6.07, 6.45) is 2.06. The summed E-state index contributed by atoms with van der Waals surface area (Å²) in [6.45, 7) is 1.82. The Morgan fingerprint density at radius 1 is 1.04 bits per heavy atom. The van der Waals surface area contributed by atoms with E-state index in [4.69, 9.17) is 0 Å². The molecule has 0 spiro atoms. The van der Waals surface area contributed by atoms with E-state index in [2.05, 4.69) is 57.0 Å². The number of halogens is 1. The average Bonchev–Trinajstić information content (AvgIpc) is 2.47. The molecule has 3 rings (SSSR count). The largest absolute Gasteiger partial charge is 0.744 e. The van der Waals surface area contributed by atoms with Crippen LogP contribution in [0.15, 0.2) is 70.2 Å². The fraction of sp³-hybridized carbons (Fsp3) is 0.118. The zero-order chi connectivity index (χ0) is 17.0. The van der Waals surface area contributed by atoms with Gasteiger partial charge in [-0.25, -0.2) is 8.42 Å². The molecule has 1 aromatic heterocycles. The topological polar surface area (TPSA) is 61.1 Å². The molecule has 23 heavy (non-hydrogen) atoms. The van der Waals surface area contributed by atoms with Crippen molar-refractivity contribution in [3.8, 4) is 0 Å². The van der Waals surface area contributed by atoms with Crippen LogP contribution in [0.5, 0.6) is 0 Å². The third-order valence-electron chi connectivity index (χ3n) is 3.24. The van der Waals surface area contributed by atoms with Gasteiger partial charge in [0.25, 0.3) is 0 Å². The fourth-order valence-electron chi connectivity index (χ4n) is 2.08. The van der Waals surface area contributed by atoms with Crippen LogP contribution in [0.2, 0.25) is 0 Å². The smallest absolute Gasteiger partial charge is 0.212 e. The Bertz CT molecular complexity index is 922. The highest BCUT2D eigenvalue weighted by atomic mass is 79.9. The average molecular weight is 394 g/mol. The molecule has 0 saturated carbocycles. The van der Waals surface area contributed by atoms with Crippen molar-refractivity contribution < 1.29 is 17.5 Å². The van der Waals surface area contributed by atoms with E-state index in [0.717, 1.165) is 10.0 Å². The Morgan fingerprint density at radius 2 is 1.65 bits per heavy atom. The highest BCUT2D eigenvalue weighted by molar-refractivity contribution is 9.10. The van der Waals surface area contributed by atoms with Gasteiger partial charge in [-0.3, -0.25) is 0 Å². The van der Waals surface area contributed by atoms with Crippen molar-refractivity contribution in [1.82, 2.24) is 0 Å². The van der Waals surface area contributed by atoms with Crippen molar-refractivity contribution >= 4 is 37.0 Å². The third kappa shape index (κ3) is 4.86. The van der Waals surface area contributed by atoms with Crippen LogP contribution < -0.4 is 4.57 Å². The summed E-state index contributed by atoms with van der Waals surface area (Å²) in [6, 6.07) is 16.2. The van der Waals surface area contributed by atoms with Crippen LogP contribution in [-0.2, 0) is 17.2 Å². The first kappa shape index (κ1) is 17.6. The molecule has 1 heterocycles. The van der Waals surface area contributed by atoms with Crippen molar-refractivity contribution in [3.05, 3.63) is 70.8 Å². The van der Waals surface area contributed by atoms with Crippen LogP contribution >= 0.6 is 15.9 Å². The van der Waals surface area contributed by atoms with Crippen LogP contribution in [0, 0.1) is 6.92 Å². The lowest BCUT2D eigenvalue weighted by Gasteiger charge is -2.05. The lowest BCUT2D eigenvalue weighted by atomic mass is 10.2. The first-order valence-electron chi connectivity index (χ1n) is 6.84. The number of pyridine rings is 1. The van der Waals surface area contributed by atoms with E-state index in [9.17, 15) is 13.0 Å². The Kier molecular flexibility index (Phi) is 5.51. The summed E-state index contributed by atoms with van der Waals surface area (Å²) in [5.41, 5.74) is 2.18. The second-order valence-corrected chi connectivity index (χ2v) is 7.39. The summed E-state index contributed by atoms with van der Waals surface area (Å²) in [5.74, 6) is 0. The van der Waals surface area contributed by atoms with Gasteiger partial charge in [0.1, 0.15) is 17.2 Å². The molecule has 120 valence electrons. The SMILES string of the molecule is C[n+]1cc(Br)cc2ccccc21.Cc1ccc(S(=O)(=O)[O-])cc1. The number of benzene rings is 2. The lowest BCUT2D eigenvalue weighted by Crippen LogP contribution is -2.28. The molecule has 0 bridgehead atoms. The van der Waals surface area contributed by atoms with Crippen LogP contribution in [-0.4, -0.2) is 13.0 Å². The second-order valence-electron chi connectivity index (χ2n) is 5.10. The molecule has 3 aromatic rings. The molecular weight excluding hydrogens is 378 g/mol.